The summed E-state index contributed by atoms with van der Waals surface area (Å²) in [5.41, 5.74) is 2.10. The number of hydrogen-bond acceptors (Lipinski definition) is 11. The van der Waals surface area contributed by atoms with Crippen molar-refractivity contribution in [2.75, 3.05) is 6.61 Å². The molecule has 0 saturated carbocycles. The lowest BCUT2D eigenvalue weighted by atomic mass is 9.78. The molecular formula is C42H64O11. The Morgan fingerprint density at radius 2 is 1.43 bits per heavy atom. The maximum Gasteiger partial charge on any atom is 0.135 e. The van der Waals surface area contributed by atoms with Gasteiger partial charge in [0.05, 0.1) is 73.8 Å². The van der Waals surface area contributed by atoms with E-state index in [9.17, 15) is 24.9 Å². The topological polar surface area (TPSA) is 150 Å². The number of ketones is 2. The molecule has 0 aromatic carbocycles. The maximum atomic E-state index is 13.9. The fourth-order valence-electron chi connectivity index (χ4n) is 10.6. The predicted molar refractivity (Wildman–Crippen MR) is 195 cm³/mol. The summed E-state index contributed by atoms with van der Waals surface area (Å²) in [6.45, 7) is 14.8. The summed E-state index contributed by atoms with van der Waals surface area (Å²) < 4.78 is 39.3. The Bertz CT molecular complexity index is 1340. The number of Topliss-reactive ketones (excluding diaryl/α,β-unsaturated/α-hetero) is 2. The van der Waals surface area contributed by atoms with E-state index in [0.717, 1.165) is 36.8 Å². The van der Waals surface area contributed by atoms with E-state index in [2.05, 4.69) is 33.9 Å². The third kappa shape index (κ3) is 8.89. The van der Waals surface area contributed by atoms with Gasteiger partial charge in [0.1, 0.15) is 29.9 Å². The van der Waals surface area contributed by atoms with Gasteiger partial charge < -0.3 is 43.7 Å². The minimum atomic E-state index is -0.924. The number of ether oxygens (including phenoxy) is 6. The Labute approximate surface area is 315 Å². The van der Waals surface area contributed by atoms with Gasteiger partial charge in [-0.05, 0) is 86.2 Å². The Hall–Kier alpha value is -1.54. The Morgan fingerprint density at radius 3 is 2.23 bits per heavy atom. The van der Waals surface area contributed by atoms with Crippen molar-refractivity contribution in [3.8, 4) is 0 Å². The summed E-state index contributed by atoms with van der Waals surface area (Å²) in [7, 11) is 0. The third-order valence-electron chi connectivity index (χ3n) is 13.9. The van der Waals surface area contributed by atoms with Crippen molar-refractivity contribution in [1.29, 1.82) is 0 Å². The lowest BCUT2D eigenvalue weighted by Crippen LogP contribution is -2.64. The SMILES string of the molecule is C=C1C2C[C@@H]3OC(CC(O)CO)[C@H](C)[C@H]3CC(=O)CC3CC[C@@H]4O[C@H]5C[C@@H](C)[C@@H](CC(=O)CC[C@H]6CC(=C)[C@H](CC[C@@H](C[C@H]1C)O2)O6)O[C@H]5[C@@H](O)[C@H]4O3. The van der Waals surface area contributed by atoms with Crippen LogP contribution in [0.1, 0.15) is 111 Å². The second kappa shape index (κ2) is 16.9. The van der Waals surface area contributed by atoms with Crippen molar-refractivity contribution in [2.45, 2.75) is 196 Å². The van der Waals surface area contributed by atoms with Crippen molar-refractivity contribution in [1.82, 2.24) is 0 Å². The summed E-state index contributed by atoms with van der Waals surface area (Å²) in [5, 5.41) is 31.6. The molecule has 0 spiro atoms. The summed E-state index contributed by atoms with van der Waals surface area (Å²) in [6, 6.07) is 0. The molecule has 3 N–H and O–H groups in total. The third-order valence-corrected chi connectivity index (χ3v) is 13.9. The Kier molecular flexibility index (Phi) is 12.7. The summed E-state index contributed by atoms with van der Waals surface area (Å²) in [4.78, 5) is 27.2. The molecule has 0 aliphatic carbocycles. The highest BCUT2D eigenvalue weighted by molar-refractivity contribution is 5.79. The van der Waals surface area contributed by atoms with Crippen LogP contribution in [-0.4, -0.2) is 119 Å². The lowest BCUT2D eigenvalue weighted by Gasteiger charge is -2.52. The van der Waals surface area contributed by atoms with Gasteiger partial charge in [-0.3, -0.25) is 9.59 Å². The highest BCUT2D eigenvalue weighted by atomic mass is 16.6. The van der Waals surface area contributed by atoms with Gasteiger partial charge in [-0.15, -0.1) is 0 Å². The van der Waals surface area contributed by atoms with Crippen LogP contribution in [0.5, 0.6) is 0 Å². The van der Waals surface area contributed by atoms with E-state index in [1.807, 2.05) is 0 Å². The van der Waals surface area contributed by atoms with Crippen LogP contribution >= 0.6 is 0 Å². The minimum absolute atomic E-state index is 0.0148. The first-order valence-electron chi connectivity index (χ1n) is 20.7. The second-order valence-corrected chi connectivity index (χ2v) is 17.8. The van der Waals surface area contributed by atoms with Crippen LogP contribution in [0.3, 0.4) is 0 Å². The molecule has 0 aromatic heterocycles. The van der Waals surface area contributed by atoms with Crippen molar-refractivity contribution in [2.24, 2.45) is 23.7 Å². The molecule has 7 aliphatic heterocycles. The van der Waals surface area contributed by atoms with E-state index in [0.29, 0.717) is 51.4 Å². The van der Waals surface area contributed by atoms with Gasteiger partial charge in [0.25, 0.3) is 0 Å². The molecule has 0 aromatic rings. The van der Waals surface area contributed by atoms with E-state index >= 15 is 0 Å². The van der Waals surface area contributed by atoms with Gasteiger partial charge >= 0.3 is 0 Å². The molecule has 18 atom stereocenters. The van der Waals surface area contributed by atoms with E-state index in [4.69, 9.17) is 28.4 Å². The van der Waals surface area contributed by atoms with Crippen LogP contribution in [0.25, 0.3) is 0 Å². The molecule has 11 heteroatoms. The van der Waals surface area contributed by atoms with E-state index < -0.39 is 24.4 Å². The van der Waals surface area contributed by atoms with Crippen molar-refractivity contribution in [3.63, 3.8) is 0 Å². The summed E-state index contributed by atoms with van der Waals surface area (Å²) >= 11 is 0. The zero-order valence-electron chi connectivity index (χ0n) is 32.0. The van der Waals surface area contributed by atoms with Crippen LogP contribution in [0.2, 0.25) is 0 Å². The molecule has 7 heterocycles. The first-order valence-corrected chi connectivity index (χ1v) is 20.7. The highest BCUT2D eigenvalue weighted by Crippen LogP contribution is 2.44. The largest absolute Gasteiger partial charge is 0.394 e. The molecule has 7 saturated heterocycles. The number of aliphatic hydroxyl groups is 3. The van der Waals surface area contributed by atoms with E-state index in [-0.39, 0.29) is 116 Å². The van der Waals surface area contributed by atoms with Crippen LogP contribution < -0.4 is 0 Å². The first kappa shape index (κ1) is 39.7. The molecule has 0 amide bonds. The number of fused-ring (bicyclic) bond motifs is 7. The quantitative estimate of drug-likeness (QED) is 0.350. The van der Waals surface area contributed by atoms with Gasteiger partial charge in [-0.25, -0.2) is 0 Å². The zero-order chi connectivity index (χ0) is 37.6. The van der Waals surface area contributed by atoms with E-state index in [1.54, 1.807) is 0 Å². The van der Waals surface area contributed by atoms with Gasteiger partial charge in [0, 0.05) is 38.5 Å². The fourth-order valence-corrected chi connectivity index (χ4v) is 10.6. The standard InChI is InChI=1S/C42H64O11/c1-21-12-30-8-10-33-22(2)13-29(48-33)7-6-26(44)17-35-23(3)14-39-42(53-35)40(47)41-34(51-39)11-9-31(50-41)15-27(45)16-32-25(5)36(18-28(46)20-43)52-38(32)19-37(49-30)24(21)4/h21,23,25,28-43,46-47H,2,4,6-20H2,1,3,5H3/t21-,23-,25-,28?,29+,30+,31?,32-,33+,34+,35-,36?,37?,38+,39+,40+,41+,42-/m1/s1. The number of aliphatic hydroxyl groups excluding tert-OH is 3. The smallest absolute Gasteiger partial charge is 0.135 e. The molecule has 11 nitrogen and oxygen atoms in total. The fraction of sp³-hybridized carbons (Fsp3) is 0.857. The Morgan fingerprint density at radius 1 is 0.698 bits per heavy atom. The van der Waals surface area contributed by atoms with Crippen LogP contribution in [-0.2, 0) is 38.0 Å². The molecule has 4 unspecified atom stereocenters. The number of hydrogen-bond donors (Lipinski definition) is 3. The molecular weight excluding hydrogens is 680 g/mol. The molecule has 0 radical (unpaired) electrons. The average Bonchev–Trinajstić information content (AvgIpc) is 3.62. The normalized spacial score (nSPS) is 47.9. The number of carbonyl (C=O) groups excluding carboxylic acids is 2. The predicted octanol–water partition coefficient (Wildman–Crippen LogP) is 4.56. The highest BCUT2D eigenvalue weighted by Gasteiger charge is 2.53. The Balaban J connectivity index is 1.10. The van der Waals surface area contributed by atoms with Gasteiger partial charge in [0.2, 0.25) is 0 Å². The minimum Gasteiger partial charge on any atom is -0.394 e. The molecule has 298 valence electrons. The maximum absolute atomic E-state index is 13.9. The second-order valence-electron chi connectivity index (χ2n) is 17.8. The molecule has 8 bridgehead atoms. The number of carbonyl (C=O) groups is 2. The molecule has 7 fully saturated rings. The molecule has 7 rings (SSSR count). The summed E-state index contributed by atoms with van der Waals surface area (Å²) in [6.07, 6.45) is 2.80. The number of rotatable bonds is 3. The zero-order valence-corrected chi connectivity index (χ0v) is 32.0. The van der Waals surface area contributed by atoms with Crippen molar-refractivity contribution in [3.05, 3.63) is 24.3 Å². The molecule has 53 heavy (non-hydrogen) atoms. The molecule has 7 aliphatic rings. The lowest BCUT2D eigenvalue weighted by molar-refractivity contribution is -0.298. The first-order chi connectivity index (χ1) is 25.4. The van der Waals surface area contributed by atoms with E-state index in [1.165, 1.54) is 0 Å². The van der Waals surface area contributed by atoms with Crippen LogP contribution in [0.4, 0.5) is 0 Å². The average molecular weight is 745 g/mol. The van der Waals surface area contributed by atoms with Crippen molar-refractivity contribution < 1.29 is 53.3 Å². The van der Waals surface area contributed by atoms with Gasteiger partial charge in [0.15, 0.2) is 0 Å². The monoisotopic (exact) mass is 744 g/mol. The van der Waals surface area contributed by atoms with Gasteiger partial charge in [-0.2, -0.15) is 0 Å². The van der Waals surface area contributed by atoms with Crippen LogP contribution in [0.15, 0.2) is 24.3 Å². The van der Waals surface area contributed by atoms with Crippen LogP contribution in [0, 0.1) is 23.7 Å². The summed E-state index contributed by atoms with van der Waals surface area (Å²) in [5.74, 6) is 0.436. The van der Waals surface area contributed by atoms with Gasteiger partial charge in [-0.1, -0.05) is 33.9 Å². The van der Waals surface area contributed by atoms with Crippen molar-refractivity contribution >= 4 is 11.6 Å².